The maximum absolute atomic E-state index is 12.6. The molecule has 0 amide bonds. The number of aromatic amines is 1. The van der Waals surface area contributed by atoms with E-state index in [2.05, 4.69) is 15.0 Å². The van der Waals surface area contributed by atoms with Gasteiger partial charge in [-0.3, -0.25) is 4.79 Å². The van der Waals surface area contributed by atoms with Gasteiger partial charge in [-0.2, -0.15) is 13.2 Å². The highest BCUT2D eigenvalue weighted by atomic mass is 35.5. The predicted molar refractivity (Wildman–Crippen MR) is 84.6 cm³/mol. The summed E-state index contributed by atoms with van der Waals surface area (Å²) < 4.78 is 43.3. The predicted octanol–water partition coefficient (Wildman–Crippen LogP) is 4.30. The summed E-state index contributed by atoms with van der Waals surface area (Å²) in [6.07, 6.45) is -0.259. The Bertz CT molecular complexity index is 956. The number of H-pyrrole nitrogens is 1. The van der Waals surface area contributed by atoms with Gasteiger partial charge in [-0.1, -0.05) is 11.6 Å². The number of hydrogen-bond donors (Lipinski definition) is 1. The van der Waals surface area contributed by atoms with Crippen LogP contribution in [0.2, 0.25) is 5.02 Å². The van der Waals surface area contributed by atoms with Crippen LogP contribution in [0.15, 0.2) is 53.7 Å². The van der Waals surface area contributed by atoms with Crippen molar-refractivity contribution < 1.29 is 17.9 Å². The molecule has 0 unspecified atom stereocenters. The van der Waals surface area contributed by atoms with E-state index in [4.69, 9.17) is 16.3 Å². The van der Waals surface area contributed by atoms with E-state index in [0.29, 0.717) is 5.56 Å². The molecule has 0 saturated carbocycles. The van der Waals surface area contributed by atoms with Gasteiger partial charge in [-0.15, -0.1) is 0 Å². The van der Waals surface area contributed by atoms with Crippen LogP contribution in [0.25, 0.3) is 11.3 Å². The first-order valence-electron chi connectivity index (χ1n) is 6.89. The number of pyridine rings is 1. The number of nitrogens with zero attached hydrogens (tertiary/aromatic N) is 2. The molecule has 128 valence electrons. The van der Waals surface area contributed by atoms with Gasteiger partial charge in [0.1, 0.15) is 16.5 Å². The topological polar surface area (TPSA) is 67.9 Å². The summed E-state index contributed by atoms with van der Waals surface area (Å²) in [7, 11) is 0. The number of halogens is 4. The zero-order chi connectivity index (χ0) is 18.0. The lowest BCUT2D eigenvalue weighted by Crippen LogP contribution is -2.05. The zero-order valence-corrected chi connectivity index (χ0v) is 13.1. The molecular weight excluding hydrogens is 359 g/mol. The molecule has 1 aromatic carbocycles. The van der Waals surface area contributed by atoms with Gasteiger partial charge in [0.25, 0.3) is 5.56 Å². The number of alkyl halides is 3. The zero-order valence-electron chi connectivity index (χ0n) is 12.3. The maximum Gasteiger partial charge on any atom is 0.416 e. The lowest BCUT2D eigenvalue weighted by molar-refractivity contribution is -0.137. The van der Waals surface area contributed by atoms with Crippen molar-refractivity contribution in [3.8, 4) is 22.9 Å². The molecule has 0 aliphatic rings. The van der Waals surface area contributed by atoms with Crippen LogP contribution >= 0.6 is 11.6 Å². The molecular formula is C16H9ClF3N3O2. The standard InChI is InChI=1S/C16H9ClF3N3O2/c17-12-7-9(8-23-14(12)24)13-15(22-6-5-21-13)25-11-3-1-10(2-4-11)16(18,19)20/h1-8H,(H,23,24). The van der Waals surface area contributed by atoms with Crippen molar-refractivity contribution in [3.05, 3.63) is 69.9 Å². The third kappa shape index (κ3) is 3.80. The molecule has 0 radical (unpaired) electrons. The number of hydrogen-bond acceptors (Lipinski definition) is 4. The van der Waals surface area contributed by atoms with E-state index in [-0.39, 0.29) is 22.3 Å². The Morgan fingerprint density at radius 1 is 1.08 bits per heavy atom. The van der Waals surface area contributed by atoms with Crippen LogP contribution < -0.4 is 10.3 Å². The summed E-state index contributed by atoms with van der Waals surface area (Å²) in [6.45, 7) is 0. The van der Waals surface area contributed by atoms with Gasteiger partial charge in [0, 0.05) is 24.2 Å². The lowest BCUT2D eigenvalue weighted by atomic mass is 10.2. The van der Waals surface area contributed by atoms with Gasteiger partial charge in [0.2, 0.25) is 5.88 Å². The fourth-order valence-corrected chi connectivity index (χ4v) is 2.19. The lowest BCUT2D eigenvalue weighted by Gasteiger charge is -2.10. The van der Waals surface area contributed by atoms with Crippen LogP contribution in [0.3, 0.4) is 0 Å². The molecule has 2 heterocycles. The second-order valence-electron chi connectivity index (χ2n) is 4.90. The van der Waals surface area contributed by atoms with Crippen LogP contribution in [-0.4, -0.2) is 15.0 Å². The molecule has 0 aliphatic heterocycles. The minimum Gasteiger partial charge on any atom is -0.437 e. The highest BCUT2D eigenvalue weighted by Gasteiger charge is 2.30. The Hall–Kier alpha value is -2.87. The Balaban J connectivity index is 1.93. The average molecular weight is 368 g/mol. The fraction of sp³-hybridized carbons (Fsp3) is 0.0625. The van der Waals surface area contributed by atoms with E-state index in [1.165, 1.54) is 36.8 Å². The third-order valence-electron chi connectivity index (χ3n) is 3.19. The Labute approximate surface area is 144 Å². The molecule has 1 N–H and O–H groups in total. The van der Waals surface area contributed by atoms with Gasteiger partial charge in [0.05, 0.1) is 5.56 Å². The molecule has 9 heteroatoms. The molecule has 3 rings (SSSR count). The highest BCUT2D eigenvalue weighted by molar-refractivity contribution is 6.30. The molecule has 3 aromatic rings. The number of nitrogens with one attached hydrogen (secondary N) is 1. The summed E-state index contributed by atoms with van der Waals surface area (Å²) >= 11 is 5.80. The quantitative estimate of drug-likeness (QED) is 0.749. The summed E-state index contributed by atoms with van der Waals surface area (Å²) in [6, 6.07) is 5.57. The molecule has 25 heavy (non-hydrogen) atoms. The smallest absolute Gasteiger partial charge is 0.416 e. The minimum absolute atomic E-state index is 0.0383. The molecule has 2 aromatic heterocycles. The molecule has 0 spiro atoms. The van der Waals surface area contributed by atoms with Crippen LogP contribution in [0, 0.1) is 0 Å². The third-order valence-corrected chi connectivity index (χ3v) is 3.47. The van der Waals surface area contributed by atoms with Crippen LogP contribution in [0.1, 0.15) is 5.56 Å². The van der Waals surface area contributed by atoms with Crippen molar-refractivity contribution in [2.45, 2.75) is 6.18 Å². The first-order valence-corrected chi connectivity index (χ1v) is 7.27. The van der Waals surface area contributed by atoms with Crippen molar-refractivity contribution in [1.29, 1.82) is 0 Å². The monoisotopic (exact) mass is 367 g/mol. The van der Waals surface area contributed by atoms with Crippen molar-refractivity contribution >= 4 is 11.6 Å². The van der Waals surface area contributed by atoms with Crippen LogP contribution in [0.4, 0.5) is 13.2 Å². The van der Waals surface area contributed by atoms with E-state index in [9.17, 15) is 18.0 Å². The van der Waals surface area contributed by atoms with Crippen LogP contribution in [-0.2, 0) is 6.18 Å². The summed E-state index contributed by atoms with van der Waals surface area (Å²) in [4.78, 5) is 21.9. The van der Waals surface area contributed by atoms with Crippen molar-refractivity contribution in [3.63, 3.8) is 0 Å². The summed E-state index contributed by atoms with van der Waals surface area (Å²) in [5.74, 6) is 0.218. The van der Waals surface area contributed by atoms with Crippen molar-refractivity contribution in [2.24, 2.45) is 0 Å². The Morgan fingerprint density at radius 3 is 2.40 bits per heavy atom. The van der Waals surface area contributed by atoms with Crippen molar-refractivity contribution in [2.75, 3.05) is 0 Å². The van der Waals surface area contributed by atoms with Gasteiger partial charge in [-0.25, -0.2) is 9.97 Å². The molecule has 0 fully saturated rings. The number of aromatic nitrogens is 3. The molecule has 5 nitrogen and oxygen atoms in total. The summed E-state index contributed by atoms with van der Waals surface area (Å²) in [5, 5.41) is -0.0383. The maximum atomic E-state index is 12.6. The first-order chi connectivity index (χ1) is 11.8. The second kappa shape index (κ2) is 6.56. The van der Waals surface area contributed by atoms with Gasteiger partial charge in [0.15, 0.2) is 0 Å². The Kier molecular flexibility index (Phi) is 4.45. The second-order valence-corrected chi connectivity index (χ2v) is 5.31. The molecule has 0 saturated heterocycles. The highest BCUT2D eigenvalue weighted by Crippen LogP contribution is 2.33. The number of benzene rings is 1. The SMILES string of the molecule is O=c1[nH]cc(-c2nccnc2Oc2ccc(C(F)(F)F)cc2)cc1Cl. The average Bonchev–Trinajstić information content (AvgIpc) is 2.58. The first kappa shape index (κ1) is 17.0. The van der Waals surface area contributed by atoms with E-state index < -0.39 is 17.3 Å². The van der Waals surface area contributed by atoms with Crippen molar-refractivity contribution in [1.82, 2.24) is 15.0 Å². The van der Waals surface area contributed by atoms with Crippen LogP contribution in [0.5, 0.6) is 11.6 Å². The number of ether oxygens (including phenoxy) is 1. The Morgan fingerprint density at radius 2 is 1.76 bits per heavy atom. The van der Waals surface area contributed by atoms with E-state index >= 15 is 0 Å². The van der Waals surface area contributed by atoms with E-state index in [0.717, 1.165) is 12.1 Å². The number of rotatable bonds is 3. The van der Waals surface area contributed by atoms with Gasteiger partial charge >= 0.3 is 6.18 Å². The molecule has 0 atom stereocenters. The molecule has 0 bridgehead atoms. The van der Waals surface area contributed by atoms with E-state index in [1.54, 1.807) is 0 Å². The van der Waals surface area contributed by atoms with Gasteiger partial charge in [-0.05, 0) is 30.3 Å². The van der Waals surface area contributed by atoms with E-state index in [1.807, 2.05) is 0 Å². The fourth-order valence-electron chi connectivity index (χ4n) is 2.01. The summed E-state index contributed by atoms with van der Waals surface area (Å²) in [5.41, 5.74) is -0.522. The minimum atomic E-state index is -4.43. The normalized spacial score (nSPS) is 11.4. The largest absolute Gasteiger partial charge is 0.437 e. The molecule has 0 aliphatic carbocycles. The van der Waals surface area contributed by atoms with Gasteiger partial charge < -0.3 is 9.72 Å².